The van der Waals surface area contributed by atoms with E-state index >= 15 is 0 Å². The summed E-state index contributed by atoms with van der Waals surface area (Å²) in [6, 6.07) is 12.5. The lowest BCUT2D eigenvalue weighted by Gasteiger charge is -2.12. The molecule has 2 aromatic carbocycles. The third kappa shape index (κ3) is 3.11. The average Bonchev–Trinajstić information content (AvgIpc) is 2.90. The van der Waals surface area contributed by atoms with Crippen molar-refractivity contribution in [1.82, 2.24) is 4.57 Å². The van der Waals surface area contributed by atoms with E-state index in [9.17, 15) is 9.59 Å². The van der Waals surface area contributed by atoms with Crippen molar-refractivity contribution in [3.8, 4) is 11.5 Å². The Labute approximate surface area is 142 Å². The number of hydrogen-bond donors (Lipinski definition) is 1. The Hall–Kier alpha value is -2.80. The fourth-order valence-corrected chi connectivity index (χ4v) is 3.30. The van der Waals surface area contributed by atoms with Crippen LogP contribution in [0.4, 0.5) is 5.69 Å². The molecule has 0 saturated carbocycles. The van der Waals surface area contributed by atoms with Crippen LogP contribution in [0.15, 0.2) is 47.3 Å². The Morgan fingerprint density at radius 1 is 1.17 bits per heavy atom. The van der Waals surface area contributed by atoms with Gasteiger partial charge in [-0.05, 0) is 24.3 Å². The summed E-state index contributed by atoms with van der Waals surface area (Å²) in [5.74, 6) is 0.808. The van der Waals surface area contributed by atoms with Gasteiger partial charge in [-0.3, -0.25) is 14.2 Å². The smallest absolute Gasteiger partial charge is 0.308 e. The highest BCUT2D eigenvalue weighted by Crippen LogP contribution is 2.29. The van der Waals surface area contributed by atoms with E-state index in [4.69, 9.17) is 9.47 Å². The second-order valence-electron chi connectivity index (χ2n) is 5.04. The minimum atomic E-state index is -0.313. The first-order valence-corrected chi connectivity index (χ1v) is 8.04. The number of nitrogens with one attached hydrogen (secondary N) is 1. The van der Waals surface area contributed by atoms with Crippen molar-refractivity contribution < 1.29 is 14.3 Å². The number of para-hydroxylation sites is 1. The van der Waals surface area contributed by atoms with E-state index in [1.54, 1.807) is 25.3 Å². The maximum Gasteiger partial charge on any atom is 0.308 e. The van der Waals surface area contributed by atoms with Crippen LogP contribution in [0.5, 0.6) is 11.5 Å². The van der Waals surface area contributed by atoms with Crippen molar-refractivity contribution in [2.45, 2.75) is 6.54 Å². The maximum absolute atomic E-state index is 12.4. The van der Waals surface area contributed by atoms with Crippen LogP contribution in [0.2, 0.25) is 0 Å². The minimum absolute atomic E-state index is 0.0663. The first-order chi connectivity index (χ1) is 11.6. The second-order valence-corrected chi connectivity index (χ2v) is 6.03. The van der Waals surface area contributed by atoms with Crippen LogP contribution < -0.4 is 19.7 Å². The largest absolute Gasteiger partial charge is 0.497 e. The maximum atomic E-state index is 12.4. The zero-order chi connectivity index (χ0) is 17.1. The Kier molecular flexibility index (Phi) is 4.52. The molecule has 1 N–H and O–H groups in total. The van der Waals surface area contributed by atoms with E-state index in [-0.39, 0.29) is 17.3 Å². The fraction of sp³-hybridized carbons (Fsp3) is 0.176. The fourth-order valence-electron chi connectivity index (χ4n) is 2.41. The molecule has 0 saturated heterocycles. The van der Waals surface area contributed by atoms with Gasteiger partial charge in [-0.25, -0.2) is 0 Å². The van der Waals surface area contributed by atoms with Crippen LogP contribution in [0, 0.1) is 0 Å². The molecule has 3 aromatic rings. The summed E-state index contributed by atoms with van der Waals surface area (Å²) in [6.07, 6.45) is 0. The molecule has 0 aliphatic carbocycles. The second kappa shape index (κ2) is 6.76. The molecular weight excluding hydrogens is 328 g/mol. The number of fused-ring (bicyclic) bond motifs is 1. The van der Waals surface area contributed by atoms with E-state index in [0.29, 0.717) is 17.2 Å². The number of anilines is 1. The highest BCUT2D eigenvalue weighted by molar-refractivity contribution is 7.16. The van der Waals surface area contributed by atoms with Crippen LogP contribution in [-0.4, -0.2) is 24.7 Å². The first-order valence-electron chi connectivity index (χ1n) is 7.22. The van der Waals surface area contributed by atoms with Crippen molar-refractivity contribution in [1.29, 1.82) is 0 Å². The van der Waals surface area contributed by atoms with Gasteiger partial charge in [-0.2, -0.15) is 0 Å². The molecule has 0 bridgehead atoms. The van der Waals surface area contributed by atoms with Gasteiger partial charge in [0, 0.05) is 6.07 Å². The molecule has 0 unspecified atom stereocenters. The highest BCUT2D eigenvalue weighted by Gasteiger charge is 2.13. The van der Waals surface area contributed by atoms with Gasteiger partial charge >= 0.3 is 4.87 Å². The quantitative estimate of drug-likeness (QED) is 0.773. The monoisotopic (exact) mass is 344 g/mol. The molecule has 1 aromatic heterocycles. The Balaban J connectivity index is 1.85. The Bertz CT molecular complexity index is 945. The lowest BCUT2D eigenvalue weighted by molar-refractivity contribution is -0.116. The number of aromatic nitrogens is 1. The predicted octanol–water partition coefficient (Wildman–Crippen LogP) is 2.72. The summed E-state index contributed by atoms with van der Waals surface area (Å²) in [4.78, 5) is 24.3. The Morgan fingerprint density at radius 3 is 2.71 bits per heavy atom. The lowest BCUT2D eigenvalue weighted by Crippen LogP contribution is -2.24. The van der Waals surface area contributed by atoms with Gasteiger partial charge in [0.05, 0.1) is 30.1 Å². The van der Waals surface area contributed by atoms with Crippen molar-refractivity contribution >= 4 is 33.1 Å². The molecule has 124 valence electrons. The molecule has 3 rings (SSSR count). The predicted molar refractivity (Wildman–Crippen MR) is 94.3 cm³/mol. The van der Waals surface area contributed by atoms with Gasteiger partial charge in [-0.15, -0.1) is 0 Å². The normalized spacial score (nSPS) is 10.6. The molecule has 0 spiro atoms. The molecule has 1 heterocycles. The van der Waals surface area contributed by atoms with Gasteiger partial charge < -0.3 is 14.8 Å². The number of ether oxygens (including phenoxy) is 2. The van der Waals surface area contributed by atoms with Gasteiger partial charge in [0.2, 0.25) is 5.91 Å². The molecule has 0 radical (unpaired) electrons. The number of rotatable bonds is 5. The van der Waals surface area contributed by atoms with E-state index < -0.39 is 0 Å². The minimum Gasteiger partial charge on any atom is -0.497 e. The van der Waals surface area contributed by atoms with Crippen LogP contribution in [0.3, 0.4) is 0 Å². The van der Waals surface area contributed by atoms with Gasteiger partial charge in [0.25, 0.3) is 0 Å². The highest BCUT2D eigenvalue weighted by atomic mass is 32.1. The number of hydrogen-bond acceptors (Lipinski definition) is 5. The lowest BCUT2D eigenvalue weighted by atomic mass is 10.2. The molecule has 0 fully saturated rings. The van der Waals surface area contributed by atoms with Crippen LogP contribution in [0.1, 0.15) is 0 Å². The standard InChI is InChI=1S/C17H16N2O4S/c1-22-11-7-8-14(23-2)12(9-11)18-16(20)10-19-13-5-3-4-6-15(13)24-17(19)21/h3-9H,10H2,1-2H3,(H,18,20). The number of amides is 1. The number of carbonyl (C=O) groups is 1. The van der Waals surface area contributed by atoms with E-state index in [0.717, 1.165) is 21.6 Å². The van der Waals surface area contributed by atoms with Gasteiger partial charge in [0.15, 0.2) is 0 Å². The van der Waals surface area contributed by atoms with E-state index in [1.807, 2.05) is 24.3 Å². The number of nitrogens with zero attached hydrogens (tertiary/aromatic N) is 1. The third-order valence-electron chi connectivity index (χ3n) is 3.56. The molecule has 1 amide bonds. The van der Waals surface area contributed by atoms with Crippen LogP contribution >= 0.6 is 11.3 Å². The molecule has 0 aliphatic heterocycles. The summed E-state index contributed by atoms with van der Waals surface area (Å²) in [7, 11) is 3.07. The SMILES string of the molecule is COc1ccc(OC)c(NC(=O)Cn2c(=O)sc3ccccc32)c1. The summed E-state index contributed by atoms with van der Waals surface area (Å²) < 4.78 is 12.7. The van der Waals surface area contributed by atoms with Crippen molar-refractivity contribution in [2.24, 2.45) is 0 Å². The molecule has 0 atom stereocenters. The summed E-state index contributed by atoms with van der Waals surface area (Å²) in [5.41, 5.74) is 1.25. The summed E-state index contributed by atoms with van der Waals surface area (Å²) >= 11 is 1.12. The van der Waals surface area contributed by atoms with Crippen LogP contribution in [0.25, 0.3) is 10.2 Å². The van der Waals surface area contributed by atoms with Gasteiger partial charge in [-0.1, -0.05) is 23.5 Å². The van der Waals surface area contributed by atoms with Crippen LogP contribution in [-0.2, 0) is 11.3 Å². The number of methoxy groups -OCH3 is 2. The zero-order valence-electron chi connectivity index (χ0n) is 13.2. The molecular formula is C17H16N2O4S. The van der Waals surface area contributed by atoms with Crippen molar-refractivity contribution in [2.75, 3.05) is 19.5 Å². The topological polar surface area (TPSA) is 69.6 Å². The Morgan fingerprint density at radius 2 is 1.96 bits per heavy atom. The summed E-state index contributed by atoms with van der Waals surface area (Å²) in [6.45, 7) is -0.0663. The number of benzene rings is 2. The van der Waals surface area contributed by atoms with Crippen molar-refractivity contribution in [3.05, 3.63) is 52.1 Å². The average molecular weight is 344 g/mol. The molecule has 0 aliphatic rings. The van der Waals surface area contributed by atoms with E-state index in [1.165, 1.54) is 11.7 Å². The first kappa shape index (κ1) is 16.1. The van der Waals surface area contributed by atoms with E-state index in [2.05, 4.69) is 5.32 Å². The summed E-state index contributed by atoms with van der Waals surface area (Å²) in [5, 5.41) is 2.77. The van der Waals surface area contributed by atoms with Crippen molar-refractivity contribution in [3.63, 3.8) is 0 Å². The molecule has 24 heavy (non-hydrogen) atoms. The van der Waals surface area contributed by atoms with Gasteiger partial charge in [0.1, 0.15) is 18.0 Å². The molecule has 7 heteroatoms. The zero-order valence-corrected chi connectivity index (χ0v) is 14.1. The number of thiazole rings is 1. The molecule has 6 nitrogen and oxygen atoms in total. The third-order valence-corrected chi connectivity index (χ3v) is 4.52. The number of carbonyl (C=O) groups excluding carboxylic acids is 1.